The third-order valence-electron chi connectivity index (χ3n) is 5.73. The number of hydrogen-bond acceptors (Lipinski definition) is 5. The molecular formula is C27H22N6O3. The second kappa shape index (κ2) is 9.30. The fourth-order valence-corrected chi connectivity index (χ4v) is 3.97. The van der Waals surface area contributed by atoms with Crippen LogP contribution in [0.4, 0.5) is 0 Å². The SMILES string of the molecule is Cc1cccc(-c2nn(-c3ccccc3)cc2C(=O)NNC(=O)c2nn(C)c(=O)c3ccccc23)c1. The highest BCUT2D eigenvalue weighted by atomic mass is 16.2. The van der Waals surface area contributed by atoms with Gasteiger partial charge in [0.05, 0.1) is 16.6 Å². The van der Waals surface area contributed by atoms with Gasteiger partial charge in [0, 0.05) is 24.2 Å². The first kappa shape index (κ1) is 22.7. The van der Waals surface area contributed by atoms with Crippen molar-refractivity contribution in [1.29, 1.82) is 0 Å². The van der Waals surface area contributed by atoms with E-state index < -0.39 is 11.8 Å². The van der Waals surface area contributed by atoms with E-state index in [9.17, 15) is 14.4 Å². The number of aromatic nitrogens is 4. The standard InChI is InChI=1S/C27H22N6O3/c1-17-9-8-10-18(15-17)23-22(16-33(31-23)19-11-4-3-5-12-19)25(34)28-29-26(35)24-20-13-6-7-14-21(20)27(36)32(2)30-24/h3-16H,1-2H3,(H,28,34)(H,29,35). The maximum atomic E-state index is 13.2. The molecule has 0 bridgehead atoms. The van der Waals surface area contributed by atoms with Crippen molar-refractivity contribution >= 4 is 22.6 Å². The Hall–Kier alpha value is -5.05. The van der Waals surface area contributed by atoms with Crippen molar-refractivity contribution in [3.8, 4) is 16.9 Å². The van der Waals surface area contributed by atoms with Gasteiger partial charge in [-0.3, -0.25) is 25.2 Å². The van der Waals surface area contributed by atoms with Gasteiger partial charge in [-0.1, -0.05) is 60.2 Å². The number of hydrogen-bond donors (Lipinski definition) is 2. The Bertz CT molecular complexity index is 1670. The summed E-state index contributed by atoms with van der Waals surface area (Å²) in [7, 11) is 1.47. The highest BCUT2D eigenvalue weighted by molar-refractivity contribution is 6.06. The number of fused-ring (bicyclic) bond motifs is 1. The molecule has 2 amide bonds. The van der Waals surface area contributed by atoms with Crippen molar-refractivity contribution in [2.24, 2.45) is 7.05 Å². The van der Waals surface area contributed by atoms with Gasteiger partial charge in [-0.2, -0.15) is 10.2 Å². The number of aryl methyl sites for hydroxylation is 2. The van der Waals surface area contributed by atoms with Crippen molar-refractivity contribution in [3.63, 3.8) is 0 Å². The predicted molar refractivity (Wildman–Crippen MR) is 136 cm³/mol. The van der Waals surface area contributed by atoms with Crippen molar-refractivity contribution in [1.82, 2.24) is 30.4 Å². The van der Waals surface area contributed by atoms with Crippen LogP contribution in [-0.2, 0) is 7.05 Å². The number of para-hydroxylation sites is 1. The van der Waals surface area contributed by atoms with Crippen LogP contribution in [0, 0.1) is 6.92 Å². The third kappa shape index (κ3) is 4.25. The zero-order chi connectivity index (χ0) is 25.2. The summed E-state index contributed by atoms with van der Waals surface area (Å²) < 4.78 is 2.72. The molecule has 178 valence electrons. The molecule has 0 aliphatic rings. The largest absolute Gasteiger partial charge is 0.290 e. The first-order chi connectivity index (χ1) is 17.4. The van der Waals surface area contributed by atoms with Crippen molar-refractivity contribution < 1.29 is 9.59 Å². The van der Waals surface area contributed by atoms with Gasteiger partial charge in [-0.15, -0.1) is 0 Å². The zero-order valence-corrected chi connectivity index (χ0v) is 19.6. The van der Waals surface area contributed by atoms with Crippen molar-refractivity contribution in [2.75, 3.05) is 0 Å². The van der Waals surface area contributed by atoms with E-state index in [-0.39, 0.29) is 16.8 Å². The molecule has 0 radical (unpaired) electrons. The Morgan fingerprint density at radius 1 is 0.806 bits per heavy atom. The molecule has 2 aromatic heterocycles. The number of rotatable bonds is 4. The van der Waals surface area contributed by atoms with Crippen LogP contribution in [-0.4, -0.2) is 31.4 Å². The van der Waals surface area contributed by atoms with Gasteiger partial charge < -0.3 is 0 Å². The maximum absolute atomic E-state index is 13.2. The minimum Gasteiger partial charge on any atom is -0.267 e. The predicted octanol–water partition coefficient (Wildman–Crippen LogP) is 3.17. The molecular weight excluding hydrogens is 456 g/mol. The lowest BCUT2D eigenvalue weighted by molar-refractivity contribution is 0.0844. The van der Waals surface area contributed by atoms with E-state index in [0.29, 0.717) is 16.5 Å². The topological polar surface area (TPSA) is 111 Å². The molecule has 5 rings (SSSR count). The Kier molecular flexibility index (Phi) is 5.87. The van der Waals surface area contributed by atoms with E-state index in [1.165, 1.54) is 7.05 Å². The fraction of sp³-hybridized carbons (Fsp3) is 0.0741. The van der Waals surface area contributed by atoms with Crippen LogP contribution in [0.5, 0.6) is 0 Å². The maximum Gasteiger partial charge on any atom is 0.290 e. The Labute approximate surface area is 206 Å². The number of carbonyl (C=O) groups excluding carboxylic acids is 2. The monoisotopic (exact) mass is 478 g/mol. The Morgan fingerprint density at radius 3 is 2.25 bits per heavy atom. The molecule has 2 N–H and O–H groups in total. The number of nitrogens with one attached hydrogen (secondary N) is 2. The lowest BCUT2D eigenvalue weighted by atomic mass is 10.1. The lowest BCUT2D eigenvalue weighted by Gasteiger charge is -2.10. The summed E-state index contributed by atoms with van der Waals surface area (Å²) in [5.74, 6) is -1.20. The van der Waals surface area contributed by atoms with E-state index in [1.807, 2.05) is 61.5 Å². The Balaban J connectivity index is 1.47. The van der Waals surface area contributed by atoms with Crippen LogP contribution < -0.4 is 16.4 Å². The van der Waals surface area contributed by atoms with Gasteiger partial charge >= 0.3 is 0 Å². The van der Waals surface area contributed by atoms with E-state index in [2.05, 4.69) is 21.0 Å². The number of amides is 2. The van der Waals surface area contributed by atoms with Crippen LogP contribution in [0.15, 0.2) is 89.9 Å². The third-order valence-corrected chi connectivity index (χ3v) is 5.73. The Morgan fingerprint density at radius 2 is 1.50 bits per heavy atom. The zero-order valence-electron chi connectivity index (χ0n) is 19.6. The summed E-state index contributed by atoms with van der Waals surface area (Å²) in [4.78, 5) is 38.6. The van der Waals surface area contributed by atoms with Crippen LogP contribution in [0.2, 0.25) is 0 Å². The molecule has 9 nitrogen and oxygen atoms in total. The smallest absolute Gasteiger partial charge is 0.267 e. The van der Waals surface area contributed by atoms with Crippen LogP contribution in [0.1, 0.15) is 26.4 Å². The van der Waals surface area contributed by atoms with E-state index in [1.54, 1.807) is 35.1 Å². The molecule has 9 heteroatoms. The summed E-state index contributed by atoms with van der Waals surface area (Å²) in [6, 6.07) is 23.8. The van der Waals surface area contributed by atoms with Gasteiger partial charge in [0.15, 0.2) is 5.69 Å². The number of carbonyl (C=O) groups is 2. The second-order valence-corrected chi connectivity index (χ2v) is 8.27. The van der Waals surface area contributed by atoms with Crippen molar-refractivity contribution in [3.05, 3.63) is 112 Å². The first-order valence-corrected chi connectivity index (χ1v) is 11.2. The average Bonchev–Trinajstić information content (AvgIpc) is 3.35. The summed E-state index contributed by atoms with van der Waals surface area (Å²) in [6.07, 6.45) is 1.62. The number of hydrazine groups is 1. The minimum atomic E-state index is -0.650. The van der Waals surface area contributed by atoms with Crippen LogP contribution >= 0.6 is 0 Å². The van der Waals surface area contributed by atoms with Crippen LogP contribution in [0.25, 0.3) is 27.7 Å². The molecule has 0 unspecified atom stereocenters. The van der Waals surface area contributed by atoms with E-state index in [0.717, 1.165) is 21.5 Å². The minimum absolute atomic E-state index is 0.0203. The van der Waals surface area contributed by atoms with Crippen LogP contribution in [0.3, 0.4) is 0 Å². The molecule has 0 aliphatic heterocycles. The quantitative estimate of drug-likeness (QED) is 0.386. The lowest BCUT2D eigenvalue weighted by Crippen LogP contribution is -2.42. The molecule has 0 fully saturated rings. The average molecular weight is 479 g/mol. The summed E-state index contributed by atoms with van der Waals surface area (Å²) in [6.45, 7) is 1.96. The van der Waals surface area contributed by atoms with E-state index in [4.69, 9.17) is 0 Å². The second-order valence-electron chi connectivity index (χ2n) is 8.27. The summed E-state index contributed by atoms with van der Waals surface area (Å²) in [5, 5.41) is 9.50. The fourth-order valence-electron chi connectivity index (χ4n) is 3.97. The molecule has 0 saturated heterocycles. The van der Waals surface area contributed by atoms with Gasteiger partial charge in [0.2, 0.25) is 0 Å². The molecule has 0 spiro atoms. The van der Waals surface area contributed by atoms with Gasteiger partial charge in [0.1, 0.15) is 5.69 Å². The van der Waals surface area contributed by atoms with Crippen molar-refractivity contribution in [2.45, 2.75) is 6.92 Å². The number of nitrogens with zero attached hydrogens (tertiary/aromatic N) is 4. The molecule has 3 aromatic carbocycles. The van der Waals surface area contributed by atoms with Gasteiger partial charge in [-0.25, -0.2) is 9.36 Å². The summed E-state index contributed by atoms with van der Waals surface area (Å²) >= 11 is 0. The number of benzene rings is 3. The molecule has 36 heavy (non-hydrogen) atoms. The van der Waals surface area contributed by atoms with Gasteiger partial charge in [-0.05, 0) is 31.2 Å². The highest BCUT2D eigenvalue weighted by Gasteiger charge is 2.21. The molecule has 0 saturated carbocycles. The molecule has 0 aliphatic carbocycles. The molecule has 0 atom stereocenters. The molecule has 2 heterocycles. The molecule has 5 aromatic rings. The first-order valence-electron chi connectivity index (χ1n) is 11.2. The summed E-state index contributed by atoms with van der Waals surface area (Å²) in [5.41, 5.74) is 7.92. The normalized spacial score (nSPS) is 10.8. The highest BCUT2D eigenvalue weighted by Crippen LogP contribution is 2.24. The van der Waals surface area contributed by atoms with E-state index >= 15 is 0 Å². The van der Waals surface area contributed by atoms with Gasteiger partial charge in [0.25, 0.3) is 17.4 Å².